The molecule has 1 aliphatic rings. The molecule has 0 aromatic heterocycles. The summed E-state index contributed by atoms with van der Waals surface area (Å²) < 4.78 is 13.7. The Balaban J connectivity index is 1.47. The minimum absolute atomic E-state index is 0.0634. The summed E-state index contributed by atoms with van der Waals surface area (Å²) in [5.41, 5.74) is 2.82. The fourth-order valence-electron chi connectivity index (χ4n) is 3.41. The van der Waals surface area contributed by atoms with Crippen LogP contribution in [0.5, 0.6) is 0 Å². The number of hydrogen-bond donors (Lipinski definition) is 0. The highest BCUT2D eigenvalue weighted by Crippen LogP contribution is 2.13. The van der Waals surface area contributed by atoms with E-state index in [2.05, 4.69) is 19.1 Å². The second-order valence-electron chi connectivity index (χ2n) is 6.96. The largest absolute Gasteiger partial charge is 0.339 e. The summed E-state index contributed by atoms with van der Waals surface area (Å²) >= 11 is 0. The molecule has 0 bridgehead atoms. The topological polar surface area (TPSA) is 40.6 Å². The number of benzene rings is 2. The molecule has 2 aromatic rings. The van der Waals surface area contributed by atoms with E-state index in [0.29, 0.717) is 38.2 Å². The highest BCUT2D eigenvalue weighted by Gasteiger charge is 2.24. The third-order valence-electron chi connectivity index (χ3n) is 5.15. The van der Waals surface area contributed by atoms with Gasteiger partial charge in [0.25, 0.3) is 0 Å². The quantitative estimate of drug-likeness (QED) is 0.814. The van der Waals surface area contributed by atoms with Gasteiger partial charge in [-0.2, -0.15) is 0 Å². The van der Waals surface area contributed by atoms with Gasteiger partial charge >= 0.3 is 0 Å². The van der Waals surface area contributed by atoms with E-state index in [-0.39, 0.29) is 24.1 Å². The van der Waals surface area contributed by atoms with Crippen molar-refractivity contribution in [3.63, 3.8) is 0 Å². The van der Waals surface area contributed by atoms with Crippen molar-refractivity contribution in [1.29, 1.82) is 0 Å². The molecule has 0 radical (unpaired) electrons. The van der Waals surface area contributed by atoms with E-state index in [1.54, 1.807) is 23.1 Å². The summed E-state index contributed by atoms with van der Waals surface area (Å²) in [5, 5.41) is 0. The van der Waals surface area contributed by atoms with Gasteiger partial charge in [-0.3, -0.25) is 9.59 Å². The van der Waals surface area contributed by atoms with Crippen molar-refractivity contribution in [2.45, 2.75) is 26.2 Å². The molecule has 2 aromatic carbocycles. The second-order valence-corrected chi connectivity index (χ2v) is 6.96. The number of rotatable bonds is 5. The summed E-state index contributed by atoms with van der Waals surface area (Å²) in [6.45, 7) is 4.14. The molecule has 3 rings (SSSR count). The molecule has 0 aliphatic carbocycles. The van der Waals surface area contributed by atoms with Crippen molar-refractivity contribution in [3.05, 3.63) is 71.0 Å². The Kier molecular flexibility index (Phi) is 6.22. The van der Waals surface area contributed by atoms with Crippen molar-refractivity contribution in [2.75, 3.05) is 26.2 Å². The Morgan fingerprint density at radius 1 is 0.852 bits per heavy atom. The normalized spacial score (nSPS) is 14.3. The number of carbonyl (C=O) groups is 2. The van der Waals surface area contributed by atoms with Gasteiger partial charge in [0.15, 0.2) is 0 Å². The van der Waals surface area contributed by atoms with Crippen LogP contribution in [0.4, 0.5) is 4.39 Å². The number of piperazine rings is 1. The average molecular weight is 368 g/mol. The zero-order valence-corrected chi connectivity index (χ0v) is 15.7. The van der Waals surface area contributed by atoms with Crippen LogP contribution >= 0.6 is 0 Å². The van der Waals surface area contributed by atoms with Gasteiger partial charge in [-0.15, -0.1) is 0 Å². The van der Waals surface area contributed by atoms with Crippen LogP contribution in [0.2, 0.25) is 0 Å². The molecule has 1 saturated heterocycles. The first kappa shape index (κ1) is 19.1. The molecule has 0 saturated carbocycles. The van der Waals surface area contributed by atoms with Crippen LogP contribution in [0, 0.1) is 12.7 Å². The molecule has 0 spiro atoms. The van der Waals surface area contributed by atoms with E-state index >= 15 is 0 Å². The number of halogens is 1. The van der Waals surface area contributed by atoms with Gasteiger partial charge in [0.05, 0.1) is 6.42 Å². The van der Waals surface area contributed by atoms with Crippen LogP contribution in [0.25, 0.3) is 0 Å². The van der Waals surface area contributed by atoms with Crippen molar-refractivity contribution in [1.82, 2.24) is 9.80 Å². The highest BCUT2D eigenvalue weighted by molar-refractivity contribution is 5.80. The lowest BCUT2D eigenvalue weighted by Gasteiger charge is -2.35. The van der Waals surface area contributed by atoms with Gasteiger partial charge in [0, 0.05) is 32.6 Å². The highest BCUT2D eigenvalue weighted by atomic mass is 19.1. The maximum Gasteiger partial charge on any atom is 0.227 e. The molecule has 1 fully saturated rings. The SMILES string of the molecule is Cc1ccccc1CCC(=O)N1CCN(C(=O)Cc2ccccc2F)CC1. The predicted octanol–water partition coefficient (Wildman–Crippen LogP) is 2.98. The first-order valence-electron chi connectivity index (χ1n) is 9.38. The third kappa shape index (κ3) is 4.94. The molecule has 0 N–H and O–H groups in total. The van der Waals surface area contributed by atoms with Crippen LogP contribution in [-0.2, 0) is 22.4 Å². The molecule has 5 heteroatoms. The fourth-order valence-corrected chi connectivity index (χ4v) is 3.41. The summed E-state index contributed by atoms with van der Waals surface area (Å²) in [6, 6.07) is 14.5. The molecule has 142 valence electrons. The maximum absolute atomic E-state index is 13.7. The predicted molar refractivity (Wildman–Crippen MR) is 103 cm³/mol. The molecule has 1 heterocycles. The van der Waals surface area contributed by atoms with E-state index in [9.17, 15) is 14.0 Å². The fraction of sp³-hybridized carbons (Fsp3) is 0.364. The minimum atomic E-state index is -0.351. The van der Waals surface area contributed by atoms with E-state index in [1.165, 1.54) is 17.2 Å². The molecule has 0 unspecified atom stereocenters. The van der Waals surface area contributed by atoms with Crippen LogP contribution < -0.4 is 0 Å². The Hall–Kier alpha value is -2.69. The summed E-state index contributed by atoms with van der Waals surface area (Å²) in [6.07, 6.45) is 1.28. The lowest BCUT2D eigenvalue weighted by Crippen LogP contribution is -2.51. The Bertz CT molecular complexity index is 813. The molecule has 1 aliphatic heterocycles. The van der Waals surface area contributed by atoms with Crippen LogP contribution in [-0.4, -0.2) is 47.8 Å². The first-order chi connectivity index (χ1) is 13.0. The molecular formula is C22H25FN2O2. The average Bonchev–Trinajstić information content (AvgIpc) is 2.69. The Labute approximate surface area is 159 Å². The third-order valence-corrected chi connectivity index (χ3v) is 5.15. The van der Waals surface area contributed by atoms with Crippen LogP contribution in [0.1, 0.15) is 23.1 Å². The Morgan fingerprint density at radius 2 is 1.41 bits per heavy atom. The second kappa shape index (κ2) is 8.80. The lowest BCUT2D eigenvalue weighted by atomic mass is 10.0. The molecule has 4 nitrogen and oxygen atoms in total. The van der Waals surface area contributed by atoms with Crippen LogP contribution in [0.15, 0.2) is 48.5 Å². The van der Waals surface area contributed by atoms with Crippen molar-refractivity contribution < 1.29 is 14.0 Å². The molecule has 27 heavy (non-hydrogen) atoms. The molecule has 0 atom stereocenters. The monoisotopic (exact) mass is 368 g/mol. The van der Waals surface area contributed by atoms with E-state index in [0.717, 1.165) is 6.42 Å². The van der Waals surface area contributed by atoms with Gasteiger partial charge in [0.1, 0.15) is 5.82 Å². The van der Waals surface area contributed by atoms with Crippen molar-refractivity contribution in [3.8, 4) is 0 Å². The van der Waals surface area contributed by atoms with Gasteiger partial charge in [-0.1, -0.05) is 42.5 Å². The smallest absolute Gasteiger partial charge is 0.227 e. The molecule has 2 amide bonds. The zero-order valence-electron chi connectivity index (χ0n) is 15.7. The van der Waals surface area contributed by atoms with Gasteiger partial charge in [0.2, 0.25) is 11.8 Å². The Morgan fingerprint density at radius 3 is 2.04 bits per heavy atom. The number of amides is 2. The minimum Gasteiger partial charge on any atom is -0.339 e. The van der Waals surface area contributed by atoms with Gasteiger partial charge < -0.3 is 9.80 Å². The maximum atomic E-state index is 13.7. The summed E-state index contributed by atoms with van der Waals surface area (Å²) in [7, 11) is 0. The number of hydrogen-bond acceptors (Lipinski definition) is 2. The van der Waals surface area contributed by atoms with Gasteiger partial charge in [-0.05, 0) is 36.1 Å². The van der Waals surface area contributed by atoms with E-state index in [1.807, 2.05) is 17.0 Å². The zero-order chi connectivity index (χ0) is 19.2. The summed E-state index contributed by atoms with van der Waals surface area (Å²) in [5.74, 6) is -0.317. The number of nitrogens with zero attached hydrogens (tertiary/aromatic N) is 2. The summed E-state index contributed by atoms with van der Waals surface area (Å²) in [4.78, 5) is 28.4. The van der Waals surface area contributed by atoms with Gasteiger partial charge in [-0.25, -0.2) is 4.39 Å². The standard InChI is InChI=1S/C22H25FN2O2/c1-17-6-2-3-7-18(17)10-11-21(26)24-12-14-25(15-13-24)22(27)16-19-8-4-5-9-20(19)23/h2-9H,10-16H2,1H3. The first-order valence-corrected chi connectivity index (χ1v) is 9.38. The number of carbonyl (C=O) groups excluding carboxylic acids is 2. The number of aryl methyl sites for hydroxylation is 2. The van der Waals surface area contributed by atoms with E-state index < -0.39 is 0 Å². The van der Waals surface area contributed by atoms with Crippen molar-refractivity contribution in [2.24, 2.45) is 0 Å². The van der Waals surface area contributed by atoms with E-state index in [4.69, 9.17) is 0 Å². The lowest BCUT2D eigenvalue weighted by molar-refractivity contribution is -0.139. The van der Waals surface area contributed by atoms with Crippen LogP contribution in [0.3, 0.4) is 0 Å². The van der Waals surface area contributed by atoms with Crippen molar-refractivity contribution >= 4 is 11.8 Å². The molecular weight excluding hydrogens is 343 g/mol.